The molecule has 9 heteroatoms. The Balaban J connectivity index is 1.50. The number of rotatable bonds is 10. The van der Waals surface area contributed by atoms with Crippen molar-refractivity contribution in [2.45, 2.75) is 19.0 Å². The molecule has 0 aliphatic heterocycles. The minimum atomic E-state index is -0.255. The summed E-state index contributed by atoms with van der Waals surface area (Å²) in [6, 6.07) is 23.2. The van der Waals surface area contributed by atoms with E-state index in [2.05, 4.69) is 20.7 Å². The van der Waals surface area contributed by atoms with Crippen molar-refractivity contribution in [3.05, 3.63) is 83.9 Å². The van der Waals surface area contributed by atoms with E-state index in [0.29, 0.717) is 23.3 Å². The maximum atomic E-state index is 12.5. The number of carbonyl (C=O) groups excluding carboxylic acids is 1. The highest BCUT2D eigenvalue weighted by Gasteiger charge is 2.17. The van der Waals surface area contributed by atoms with Gasteiger partial charge in [0.1, 0.15) is 11.5 Å². The van der Waals surface area contributed by atoms with Crippen LogP contribution in [0.5, 0.6) is 11.5 Å². The standard InChI is InChI=1S/C27H27N5O3S/c1-4-35-24-8-6-5-7-21(24)17-28-29-25(33)18-36-27-31-30-26(20-11-15-23(34-3)16-12-20)32(27)22-13-9-19(2)10-14-22/h5-17H,4,18H2,1-3H3,(H,29,33)/b28-17-. The second kappa shape index (κ2) is 12.0. The zero-order valence-electron chi connectivity index (χ0n) is 20.3. The Morgan fingerprint density at radius 1 is 1.06 bits per heavy atom. The van der Waals surface area contributed by atoms with Gasteiger partial charge in [-0.15, -0.1) is 10.2 Å². The number of thioether (sulfide) groups is 1. The summed E-state index contributed by atoms with van der Waals surface area (Å²) in [7, 11) is 1.63. The van der Waals surface area contributed by atoms with E-state index >= 15 is 0 Å². The summed E-state index contributed by atoms with van der Waals surface area (Å²) in [6.45, 7) is 4.50. The van der Waals surface area contributed by atoms with E-state index in [1.54, 1.807) is 13.3 Å². The lowest BCUT2D eigenvalue weighted by atomic mass is 10.2. The number of hydrazone groups is 1. The number of amides is 1. The van der Waals surface area contributed by atoms with E-state index in [9.17, 15) is 4.79 Å². The van der Waals surface area contributed by atoms with Crippen molar-refractivity contribution in [3.8, 4) is 28.6 Å². The second-order valence-corrected chi connectivity index (χ2v) is 8.70. The molecule has 0 spiro atoms. The summed E-state index contributed by atoms with van der Waals surface area (Å²) < 4.78 is 12.8. The Kier molecular flexibility index (Phi) is 8.36. The number of carbonyl (C=O) groups is 1. The van der Waals surface area contributed by atoms with Gasteiger partial charge in [0, 0.05) is 16.8 Å². The van der Waals surface area contributed by atoms with Crippen molar-refractivity contribution >= 4 is 23.9 Å². The van der Waals surface area contributed by atoms with Crippen LogP contribution in [0.25, 0.3) is 17.1 Å². The molecule has 8 nitrogen and oxygen atoms in total. The van der Waals surface area contributed by atoms with E-state index in [0.717, 1.165) is 28.1 Å². The van der Waals surface area contributed by atoms with Gasteiger partial charge in [0.2, 0.25) is 0 Å². The third kappa shape index (κ3) is 6.11. The fraction of sp³-hybridized carbons (Fsp3) is 0.185. The molecule has 184 valence electrons. The van der Waals surface area contributed by atoms with E-state index in [1.807, 2.05) is 91.2 Å². The average molecular weight is 502 g/mol. The van der Waals surface area contributed by atoms with Gasteiger partial charge in [-0.3, -0.25) is 9.36 Å². The van der Waals surface area contributed by atoms with Gasteiger partial charge in [-0.05, 0) is 62.4 Å². The van der Waals surface area contributed by atoms with Crippen molar-refractivity contribution in [2.75, 3.05) is 19.5 Å². The van der Waals surface area contributed by atoms with E-state index < -0.39 is 0 Å². The Morgan fingerprint density at radius 2 is 1.81 bits per heavy atom. The van der Waals surface area contributed by atoms with Crippen LogP contribution in [0.4, 0.5) is 0 Å². The van der Waals surface area contributed by atoms with Gasteiger partial charge in [-0.25, -0.2) is 5.43 Å². The van der Waals surface area contributed by atoms with Crippen LogP contribution in [-0.2, 0) is 4.79 Å². The molecule has 0 aliphatic rings. The monoisotopic (exact) mass is 501 g/mol. The third-order valence-corrected chi connectivity index (χ3v) is 6.15. The van der Waals surface area contributed by atoms with Crippen LogP contribution in [0.1, 0.15) is 18.1 Å². The van der Waals surface area contributed by atoms with Crippen LogP contribution >= 0.6 is 11.8 Å². The lowest BCUT2D eigenvalue weighted by Gasteiger charge is -2.11. The number of aryl methyl sites for hydroxylation is 1. The van der Waals surface area contributed by atoms with E-state index in [4.69, 9.17) is 9.47 Å². The molecule has 0 saturated heterocycles. The van der Waals surface area contributed by atoms with Crippen LogP contribution in [0.3, 0.4) is 0 Å². The summed E-state index contributed by atoms with van der Waals surface area (Å²) in [5, 5.41) is 13.5. The first-order valence-electron chi connectivity index (χ1n) is 11.4. The number of aromatic nitrogens is 3. The number of methoxy groups -OCH3 is 1. The molecule has 0 atom stereocenters. The number of para-hydroxylation sites is 1. The molecular weight excluding hydrogens is 474 g/mol. The molecule has 3 aromatic carbocycles. The third-order valence-electron chi connectivity index (χ3n) is 5.22. The Bertz CT molecular complexity index is 1330. The van der Waals surface area contributed by atoms with Crippen LogP contribution < -0.4 is 14.9 Å². The molecule has 4 aromatic rings. The van der Waals surface area contributed by atoms with Gasteiger partial charge in [0.25, 0.3) is 5.91 Å². The van der Waals surface area contributed by atoms with Crippen molar-refractivity contribution in [1.29, 1.82) is 0 Å². The summed E-state index contributed by atoms with van der Waals surface area (Å²) >= 11 is 1.29. The molecule has 36 heavy (non-hydrogen) atoms. The van der Waals surface area contributed by atoms with Crippen LogP contribution in [0, 0.1) is 6.92 Å². The Labute approximate surface area is 214 Å². The molecule has 0 radical (unpaired) electrons. The quantitative estimate of drug-likeness (QED) is 0.189. The molecule has 1 aromatic heterocycles. The topological polar surface area (TPSA) is 90.6 Å². The predicted octanol–water partition coefficient (Wildman–Crippen LogP) is 4.89. The largest absolute Gasteiger partial charge is 0.497 e. The van der Waals surface area contributed by atoms with Gasteiger partial charge in [0.05, 0.1) is 25.7 Å². The summed E-state index contributed by atoms with van der Waals surface area (Å²) in [6.07, 6.45) is 1.57. The SMILES string of the molecule is CCOc1ccccc1/C=N\NC(=O)CSc1nnc(-c2ccc(OC)cc2)n1-c1ccc(C)cc1. The molecule has 0 aliphatic carbocycles. The van der Waals surface area contributed by atoms with Crippen molar-refractivity contribution in [2.24, 2.45) is 5.10 Å². The molecule has 0 fully saturated rings. The minimum absolute atomic E-state index is 0.122. The lowest BCUT2D eigenvalue weighted by molar-refractivity contribution is -0.118. The summed E-state index contributed by atoms with van der Waals surface area (Å²) in [4.78, 5) is 12.5. The van der Waals surface area contributed by atoms with Crippen molar-refractivity contribution < 1.29 is 14.3 Å². The van der Waals surface area contributed by atoms with E-state index in [1.165, 1.54) is 11.8 Å². The van der Waals surface area contributed by atoms with Gasteiger partial charge in [0.15, 0.2) is 11.0 Å². The first-order chi connectivity index (χ1) is 17.6. The lowest BCUT2D eigenvalue weighted by Crippen LogP contribution is -2.20. The smallest absolute Gasteiger partial charge is 0.250 e. The highest BCUT2D eigenvalue weighted by atomic mass is 32.2. The van der Waals surface area contributed by atoms with Crippen LogP contribution in [-0.4, -0.2) is 46.4 Å². The minimum Gasteiger partial charge on any atom is -0.497 e. The number of benzene rings is 3. The highest BCUT2D eigenvalue weighted by molar-refractivity contribution is 7.99. The molecule has 0 bridgehead atoms. The molecule has 1 heterocycles. The number of nitrogens with one attached hydrogen (secondary N) is 1. The van der Waals surface area contributed by atoms with Gasteiger partial charge < -0.3 is 9.47 Å². The average Bonchev–Trinajstić information content (AvgIpc) is 3.33. The first-order valence-corrected chi connectivity index (χ1v) is 12.4. The number of hydrogen-bond acceptors (Lipinski definition) is 7. The maximum Gasteiger partial charge on any atom is 0.250 e. The first kappa shape index (κ1) is 25.0. The number of ether oxygens (including phenoxy) is 2. The number of nitrogens with zero attached hydrogens (tertiary/aromatic N) is 4. The zero-order chi connectivity index (χ0) is 25.3. The Hall–Kier alpha value is -4.11. The van der Waals surface area contributed by atoms with Crippen LogP contribution in [0.15, 0.2) is 83.1 Å². The summed E-state index contributed by atoms with van der Waals surface area (Å²) in [5.41, 5.74) is 6.30. The zero-order valence-corrected chi connectivity index (χ0v) is 21.2. The van der Waals surface area contributed by atoms with Gasteiger partial charge in [-0.2, -0.15) is 5.10 Å². The molecule has 1 amide bonds. The number of hydrogen-bond donors (Lipinski definition) is 1. The highest BCUT2D eigenvalue weighted by Crippen LogP contribution is 2.29. The molecule has 0 saturated carbocycles. The normalized spacial score (nSPS) is 11.0. The molecular formula is C27H27N5O3S. The van der Waals surface area contributed by atoms with Crippen molar-refractivity contribution in [1.82, 2.24) is 20.2 Å². The van der Waals surface area contributed by atoms with Crippen molar-refractivity contribution in [3.63, 3.8) is 0 Å². The fourth-order valence-corrected chi connectivity index (χ4v) is 4.17. The predicted molar refractivity (Wildman–Crippen MR) is 142 cm³/mol. The Morgan fingerprint density at radius 3 is 2.53 bits per heavy atom. The van der Waals surface area contributed by atoms with Crippen LogP contribution in [0.2, 0.25) is 0 Å². The molecule has 1 N–H and O–H groups in total. The van der Waals surface area contributed by atoms with Gasteiger partial charge >= 0.3 is 0 Å². The summed E-state index contributed by atoms with van der Waals surface area (Å²) in [5.74, 6) is 2.02. The molecule has 0 unspecified atom stereocenters. The maximum absolute atomic E-state index is 12.5. The fourth-order valence-electron chi connectivity index (χ4n) is 3.43. The molecule has 4 rings (SSSR count). The van der Waals surface area contributed by atoms with E-state index in [-0.39, 0.29) is 11.7 Å². The van der Waals surface area contributed by atoms with Gasteiger partial charge in [-0.1, -0.05) is 41.6 Å². The second-order valence-electron chi connectivity index (χ2n) is 7.76.